The first-order chi connectivity index (χ1) is 12.4. The Morgan fingerprint density at radius 3 is 2.32 bits per heavy atom. The highest BCUT2D eigenvalue weighted by Gasteiger charge is 2.15. The van der Waals surface area contributed by atoms with Gasteiger partial charge >= 0.3 is 0 Å². The Balaban J connectivity index is 1.91. The highest BCUT2D eigenvalue weighted by atomic mass is 16.6. The number of rotatable bonds is 2. The average Bonchev–Trinajstić information content (AvgIpc) is 3.07. The second-order valence-corrected chi connectivity index (χ2v) is 6.09. The van der Waals surface area contributed by atoms with Crippen LogP contribution in [0.15, 0.2) is 78.9 Å². The van der Waals surface area contributed by atoms with E-state index in [-0.39, 0.29) is 0 Å². The molecule has 0 aliphatic carbocycles. The quantitative estimate of drug-likeness (QED) is 0.424. The maximum absolute atomic E-state index is 5.64. The van der Waals surface area contributed by atoms with Gasteiger partial charge in [-0.1, -0.05) is 72.8 Å². The zero-order valence-corrected chi connectivity index (χ0v) is 13.8. The lowest BCUT2D eigenvalue weighted by molar-refractivity contribution is 0.182. The molecular formula is C22H16N2O. The summed E-state index contributed by atoms with van der Waals surface area (Å²) in [6, 6.07) is 27.1. The molecule has 0 atom stereocenters. The molecule has 0 fully saturated rings. The normalized spacial score (nSPS) is 11.4. The molecule has 0 saturated carbocycles. The van der Waals surface area contributed by atoms with Crippen molar-refractivity contribution in [2.45, 2.75) is 0 Å². The van der Waals surface area contributed by atoms with E-state index >= 15 is 0 Å². The number of imidazole rings is 1. The van der Waals surface area contributed by atoms with Crippen LogP contribution >= 0.6 is 0 Å². The molecule has 3 heteroatoms. The predicted molar refractivity (Wildman–Crippen MR) is 103 cm³/mol. The highest BCUT2D eigenvalue weighted by molar-refractivity contribution is 6.16. The van der Waals surface area contributed by atoms with Gasteiger partial charge in [0.2, 0.25) is 0 Å². The van der Waals surface area contributed by atoms with E-state index in [9.17, 15) is 0 Å². The van der Waals surface area contributed by atoms with E-state index in [2.05, 4.69) is 48.5 Å². The first-order valence-corrected chi connectivity index (χ1v) is 8.29. The van der Waals surface area contributed by atoms with Gasteiger partial charge in [-0.3, -0.25) is 0 Å². The molecule has 0 N–H and O–H groups in total. The van der Waals surface area contributed by atoms with Crippen molar-refractivity contribution in [1.29, 1.82) is 0 Å². The summed E-state index contributed by atoms with van der Waals surface area (Å²) >= 11 is 0. The van der Waals surface area contributed by atoms with Crippen LogP contribution in [-0.2, 0) is 0 Å². The van der Waals surface area contributed by atoms with E-state index < -0.39 is 0 Å². The molecule has 0 saturated heterocycles. The molecule has 1 heterocycles. The minimum atomic E-state index is 0.818. The Hall–Kier alpha value is -3.33. The molecule has 0 aliphatic heterocycles. The lowest BCUT2D eigenvalue weighted by Crippen LogP contribution is -2.07. The van der Waals surface area contributed by atoms with Crippen LogP contribution in [0.3, 0.4) is 0 Å². The molecule has 0 unspecified atom stereocenters. The van der Waals surface area contributed by atoms with Crippen LogP contribution < -0.4 is 4.84 Å². The number of nitrogens with zero attached hydrogens (tertiary/aromatic N) is 2. The number of fused-ring (bicyclic) bond motifs is 5. The molecule has 0 bridgehead atoms. The van der Waals surface area contributed by atoms with Gasteiger partial charge in [0.05, 0.1) is 0 Å². The van der Waals surface area contributed by atoms with Crippen LogP contribution in [0.4, 0.5) is 0 Å². The Morgan fingerprint density at radius 2 is 1.48 bits per heavy atom. The van der Waals surface area contributed by atoms with Gasteiger partial charge in [-0.2, -0.15) is 4.73 Å². The Bertz CT molecular complexity index is 1220. The highest BCUT2D eigenvalue weighted by Crippen LogP contribution is 2.33. The molecule has 0 amide bonds. The Kier molecular flexibility index (Phi) is 3.01. The molecule has 4 aromatic carbocycles. The van der Waals surface area contributed by atoms with Crippen LogP contribution in [0.25, 0.3) is 44.0 Å². The molecule has 3 nitrogen and oxygen atoms in total. The van der Waals surface area contributed by atoms with Gasteiger partial charge in [-0.05, 0) is 22.2 Å². The standard InChI is InChI=1S/C22H16N2O/c1-25-24-20-14-13-18-17-10-6-5-7-15(17)11-12-19(18)21(20)23-22(24)16-8-3-2-4-9-16/h2-14H,1H3. The maximum atomic E-state index is 5.64. The molecule has 5 aromatic rings. The minimum absolute atomic E-state index is 0.818. The number of hydrogen-bond donors (Lipinski definition) is 0. The SMILES string of the molecule is COn1c(-c2ccccc2)nc2c3ccc4ccccc4c3ccc21. The molecular weight excluding hydrogens is 308 g/mol. The molecule has 0 aliphatic rings. The lowest BCUT2D eigenvalue weighted by Gasteiger charge is -2.07. The van der Waals surface area contributed by atoms with Crippen molar-refractivity contribution >= 4 is 32.6 Å². The first-order valence-electron chi connectivity index (χ1n) is 8.29. The van der Waals surface area contributed by atoms with Gasteiger partial charge in [-0.25, -0.2) is 4.98 Å². The summed E-state index contributed by atoms with van der Waals surface area (Å²) in [7, 11) is 1.68. The second kappa shape index (κ2) is 5.35. The van der Waals surface area contributed by atoms with Crippen molar-refractivity contribution in [2.24, 2.45) is 0 Å². The molecule has 5 rings (SSSR count). The van der Waals surface area contributed by atoms with Crippen LogP contribution in [-0.4, -0.2) is 16.8 Å². The molecule has 120 valence electrons. The average molecular weight is 324 g/mol. The van der Waals surface area contributed by atoms with E-state index in [0.717, 1.165) is 27.8 Å². The summed E-state index contributed by atoms with van der Waals surface area (Å²) in [6.07, 6.45) is 0. The maximum Gasteiger partial charge on any atom is 0.176 e. The smallest absolute Gasteiger partial charge is 0.176 e. The van der Waals surface area contributed by atoms with Crippen LogP contribution in [0.1, 0.15) is 0 Å². The van der Waals surface area contributed by atoms with E-state index in [0.29, 0.717) is 0 Å². The van der Waals surface area contributed by atoms with Crippen molar-refractivity contribution < 1.29 is 4.84 Å². The van der Waals surface area contributed by atoms with Crippen molar-refractivity contribution in [3.8, 4) is 11.4 Å². The van der Waals surface area contributed by atoms with Crippen molar-refractivity contribution in [1.82, 2.24) is 9.71 Å². The molecule has 0 radical (unpaired) electrons. The summed E-state index contributed by atoms with van der Waals surface area (Å²) in [5.74, 6) is 0.818. The van der Waals surface area contributed by atoms with Gasteiger partial charge in [-0.15, -0.1) is 0 Å². The van der Waals surface area contributed by atoms with Crippen molar-refractivity contribution in [2.75, 3.05) is 7.11 Å². The lowest BCUT2D eigenvalue weighted by atomic mass is 10.0. The third kappa shape index (κ3) is 2.02. The van der Waals surface area contributed by atoms with Crippen molar-refractivity contribution in [3.63, 3.8) is 0 Å². The van der Waals surface area contributed by atoms with E-state index in [4.69, 9.17) is 9.82 Å². The summed E-state index contributed by atoms with van der Waals surface area (Å²) in [5.41, 5.74) is 2.97. The van der Waals surface area contributed by atoms with E-state index in [1.807, 2.05) is 30.3 Å². The van der Waals surface area contributed by atoms with E-state index in [1.54, 1.807) is 11.8 Å². The van der Waals surface area contributed by atoms with Gasteiger partial charge < -0.3 is 4.84 Å². The monoisotopic (exact) mass is 324 g/mol. The Morgan fingerprint density at radius 1 is 0.720 bits per heavy atom. The first kappa shape index (κ1) is 14.1. The van der Waals surface area contributed by atoms with Gasteiger partial charge in [0, 0.05) is 10.9 Å². The predicted octanol–water partition coefficient (Wildman–Crippen LogP) is 5.07. The minimum Gasteiger partial charge on any atom is -0.415 e. The summed E-state index contributed by atoms with van der Waals surface area (Å²) < 4.78 is 1.80. The fraction of sp³-hybridized carbons (Fsp3) is 0.0455. The zero-order valence-electron chi connectivity index (χ0n) is 13.8. The zero-order chi connectivity index (χ0) is 16.8. The topological polar surface area (TPSA) is 27.1 Å². The van der Waals surface area contributed by atoms with Crippen LogP contribution in [0, 0.1) is 0 Å². The summed E-state index contributed by atoms with van der Waals surface area (Å²) in [4.78, 5) is 10.6. The second-order valence-electron chi connectivity index (χ2n) is 6.09. The van der Waals surface area contributed by atoms with Gasteiger partial charge in [0.25, 0.3) is 0 Å². The third-order valence-corrected chi connectivity index (χ3v) is 4.72. The fourth-order valence-corrected chi connectivity index (χ4v) is 3.56. The molecule has 25 heavy (non-hydrogen) atoms. The number of aromatic nitrogens is 2. The summed E-state index contributed by atoms with van der Waals surface area (Å²) in [6.45, 7) is 0. The Labute approximate surface area is 145 Å². The van der Waals surface area contributed by atoms with Crippen molar-refractivity contribution in [3.05, 3.63) is 78.9 Å². The van der Waals surface area contributed by atoms with E-state index in [1.165, 1.54) is 16.2 Å². The molecule has 0 spiro atoms. The number of benzene rings is 4. The van der Waals surface area contributed by atoms with Crippen LogP contribution in [0.5, 0.6) is 0 Å². The third-order valence-electron chi connectivity index (χ3n) is 4.72. The largest absolute Gasteiger partial charge is 0.415 e. The molecule has 1 aromatic heterocycles. The number of hydrogen-bond acceptors (Lipinski definition) is 2. The van der Waals surface area contributed by atoms with Gasteiger partial charge in [0.15, 0.2) is 5.82 Å². The fourth-order valence-electron chi connectivity index (χ4n) is 3.56. The van der Waals surface area contributed by atoms with Gasteiger partial charge in [0.1, 0.15) is 18.1 Å². The summed E-state index contributed by atoms with van der Waals surface area (Å²) in [5, 5.41) is 4.84. The van der Waals surface area contributed by atoms with Crippen LogP contribution in [0.2, 0.25) is 0 Å².